The Morgan fingerprint density at radius 3 is 2.64 bits per heavy atom. The van der Waals surface area contributed by atoms with Crippen LogP contribution in [-0.2, 0) is 4.79 Å². The lowest BCUT2D eigenvalue weighted by Gasteiger charge is -2.22. The number of nitrogens with zero attached hydrogens (tertiary/aromatic N) is 2. The monoisotopic (exact) mass is 455 g/mol. The Hall–Kier alpha value is -3.03. The zero-order valence-electron chi connectivity index (χ0n) is 17.8. The lowest BCUT2D eigenvalue weighted by molar-refractivity contribution is -0.121. The number of hydrogen-bond donors (Lipinski definition) is 1. The number of benzene rings is 1. The minimum absolute atomic E-state index is 0.0353. The average Bonchev–Trinajstić information content (AvgIpc) is 3.62. The Bertz CT molecular complexity index is 1200. The van der Waals surface area contributed by atoms with Gasteiger partial charge in [-0.25, -0.2) is 4.39 Å². The molecule has 3 aromatic rings. The van der Waals surface area contributed by atoms with Gasteiger partial charge in [0, 0.05) is 29.9 Å². The largest absolute Gasteiger partial charge is 0.490 e. The Balaban J connectivity index is 1.11. The zero-order chi connectivity index (χ0) is 22.7. The Morgan fingerprint density at radius 2 is 1.94 bits per heavy atom. The maximum Gasteiger partial charge on any atom is 0.318 e. The van der Waals surface area contributed by atoms with Crippen molar-refractivity contribution in [2.75, 3.05) is 5.32 Å². The highest BCUT2D eigenvalue weighted by Gasteiger charge is 2.63. The van der Waals surface area contributed by atoms with E-state index in [1.807, 2.05) is 0 Å². The first-order valence-electron chi connectivity index (χ1n) is 11.5. The summed E-state index contributed by atoms with van der Waals surface area (Å²) in [5, 5.41) is 3.53. The highest BCUT2D eigenvalue weighted by Crippen LogP contribution is 2.64. The van der Waals surface area contributed by atoms with Gasteiger partial charge in [0.2, 0.25) is 5.91 Å². The number of fused-ring (bicyclic) bond motifs is 2. The Labute approximate surface area is 188 Å². The van der Waals surface area contributed by atoms with E-state index >= 15 is 0 Å². The molecule has 3 unspecified atom stereocenters. The summed E-state index contributed by atoms with van der Waals surface area (Å²) in [5.41, 5.74) is 1.11. The second kappa shape index (κ2) is 7.78. The summed E-state index contributed by atoms with van der Waals surface area (Å²) in [6.07, 6.45) is 8.07. The van der Waals surface area contributed by atoms with Crippen molar-refractivity contribution in [1.82, 2.24) is 9.55 Å². The van der Waals surface area contributed by atoms with Gasteiger partial charge >= 0.3 is 6.55 Å². The molecule has 1 amide bonds. The van der Waals surface area contributed by atoms with Crippen LogP contribution in [0.5, 0.6) is 5.75 Å². The molecule has 5 atom stereocenters. The third-order valence-electron chi connectivity index (χ3n) is 7.48. The lowest BCUT2D eigenvalue weighted by Crippen LogP contribution is -2.29. The quantitative estimate of drug-likeness (QED) is 0.502. The summed E-state index contributed by atoms with van der Waals surface area (Å²) in [5.74, 6) is 1.75. The van der Waals surface area contributed by atoms with Crippen LogP contribution in [0, 0.1) is 35.4 Å². The fraction of sp³-hybridized carbons (Fsp3) is 0.440. The number of nitrogens with one attached hydrogen (secondary N) is 1. The molecule has 33 heavy (non-hydrogen) atoms. The molecule has 3 aliphatic rings. The molecule has 3 saturated carbocycles. The van der Waals surface area contributed by atoms with E-state index in [-0.39, 0.29) is 23.7 Å². The van der Waals surface area contributed by atoms with E-state index in [4.69, 9.17) is 4.74 Å². The number of carbonyl (C=O) groups is 1. The summed E-state index contributed by atoms with van der Waals surface area (Å²) in [6.45, 7) is -2.62. The summed E-state index contributed by atoms with van der Waals surface area (Å²) >= 11 is 0. The van der Waals surface area contributed by atoms with Crippen LogP contribution in [0.4, 0.5) is 18.9 Å². The van der Waals surface area contributed by atoms with Crippen molar-refractivity contribution in [2.45, 2.75) is 38.3 Å². The number of amides is 1. The van der Waals surface area contributed by atoms with E-state index in [1.54, 1.807) is 18.3 Å². The van der Waals surface area contributed by atoms with Crippen molar-refractivity contribution >= 4 is 22.5 Å². The molecule has 0 spiro atoms. The average molecular weight is 455 g/mol. The summed E-state index contributed by atoms with van der Waals surface area (Å²) in [6, 6.07) is 7.77. The van der Waals surface area contributed by atoms with E-state index in [9.17, 15) is 18.0 Å². The van der Waals surface area contributed by atoms with Gasteiger partial charge in [-0.15, -0.1) is 0 Å². The molecule has 1 N–H and O–H groups in total. The fourth-order valence-corrected chi connectivity index (χ4v) is 5.84. The van der Waals surface area contributed by atoms with Crippen molar-refractivity contribution in [2.24, 2.45) is 29.6 Å². The molecule has 0 aliphatic heterocycles. The Morgan fingerprint density at radius 1 is 1.15 bits per heavy atom. The van der Waals surface area contributed by atoms with Crippen LogP contribution < -0.4 is 10.1 Å². The third-order valence-corrected chi connectivity index (χ3v) is 7.48. The van der Waals surface area contributed by atoms with Crippen molar-refractivity contribution in [1.29, 1.82) is 0 Å². The summed E-state index contributed by atoms with van der Waals surface area (Å²) in [4.78, 5) is 17.3. The fourth-order valence-electron chi connectivity index (χ4n) is 5.84. The van der Waals surface area contributed by atoms with Gasteiger partial charge in [0.15, 0.2) is 0 Å². The van der Waals surface area contributed by atoms with Crippen molar-refractivity contribution < 1.29 is 22.7 Å². The highest BCUT2D eigenvalue weighted by atomic mass is 19.3. The van der Waals surface area contributed by atoms with E-state index in [1.165, 1.54) is 30.6 Å². The standard InChI is InChI=1S/C25H24F3N3O2/c26-14-3-4-20-19(9-14)21(5-7-29-20)33-16-10-17-18(11-16)23(17)22(13-1-2-13)24(32)30-15-6-8-31(12-15)25(27)28/h3-9,12-13,16-18,22-23,25H,1-2,10-11H2,(H,30,32)/t16?,17-,18+,22?,23?. The number of pyridine rings is 1. The van der Waals surface area contributed by atoms with Crippen LogP contribution in [0.3, 0.4) is 0 Å². The molecular formula is C25H24F3N3O2. The van der Waals surface area contributed by atoms with E-state index in [2.05, 4.69) is 10.3 Å². The van der Waals surface area contributed by atoms with Crippen molar-refractivity contribution in [3.05, 3.63) is 54.7 Å². The second-order valence-electron chi connectivity index (χ2n) is 9.56. The molecule has 1 aromatic carbocycles. The Kier molecular flexibility index (Phi) is 4.85. The smallest absolute Gasteiger partial charge is 0.318 e. The first-order valence-corrected chi connectivity index (χ1v) is 11.5. The van der Waals surface area contributed by atoms with Gasteiger partial charge < -0.3 is 10.1 Å². The number of rotatable bonds is 7. The molecule has 8 heteroatoms. The molecule has 2 aromatic heterocycles. The number of ether oxygens (including phenoxy) is 1. The maximum absolute atomic E-state index is 13.7. The predicted molar refractivity (Wildman–Crippen MR) is 116 cm³/mol. The normalized spacial score (nSPS) is 26.9. The van der Waals surface area contributed by atoms with E-state index < -0.39 is 6.55 Å². The minimum Gasteiger partial charge on any atom is -0.490 e. The van der Waals surface area contributed by atoms with Crippen LogP contribution >= 0.6 is 0 Å². The van der Waals surface area contributed by atoms with Gasteiger partial charge in [-0.3, -0.25) is 14.3 Å². The summed E-state index contributed by atoms with van der Waals surface area (Å²) < 4.78 is 46.4. The molecule has 2 heterocycles. The summed E-state index contributed by atoms with van der Waals surface area (Å²) in [7, 11) is 0. The molecule has 5 nitrogen and oxygen atoms in total. The number of alkyl halides is 2. The maximum atomic E-state index is 13.7. The predicted octanol–water partition coefficient (Wildman–Crippen LogP) is 5.64. The van der Waals surface area contributed by atoms with Gasteiger partial charge in [0.25, 0.3) is 0 Å². The van der Waals surface area contributed by atoms with Gasteiger partial charge in [-0.05, 0) is 79.7 Å². The number of aromatic nitrogens is 2. The molecule has 6 rings (SSSR count). The molecule has 3 fully saturated rings. The molecule has 172 valence electrons. The zero-order valence-corrected chi connectivity index (χ0v) is 17.8. The number of carbonyl (C=O) groups excluding carboxylic acids is 1. The first kappa shape index (κ1) is 20.6. The second-order valence-corrected chi connectivity index (χ2v) is 9.56. The third kappa shape index (κ3) is 3.85. The highest BCUT2D eigenvalue weighted by molar-refractivity contribution is 5.93. The van der Waals surface area contributed by atoms with E-state index in [0.717, 1.165) is 30.3 Å². The van der Waals surface area contributed by atoms with Gasteiger partial charge in [0.05, 0.1) is 17.3 Å². The van der Waals surface area contributed by atoms with Crippen molar-refractivity contribution in [3.8, 4) is 5.75 Å². The molecule has 0 radical (unpaired) electrons. The molecule has 0 saturated heterocycles. The van der Waals surface area contributed by atoms with E-state index in [0.29, 0.717) is 46.0 Å². The minimum atomic E-state index is -2.62. The number of hydrogen-bond acceptors (Lipinski definition) is 3. The van der Waals surface area contributed by atoms with Crippen LogP contribution in [0.1, 0.15) is 32.2 Å². The molecule has 0 bridgehead atoms. The molecular weight excluding hydrogens is 431 g/mol. The van der Waals surface area contributed by atoms with Gasteiger partial charge in [0.1, 0.15) is 11.6 Å². The SMILES string of the molecule is O=C(Nc1ccn(C(F)F)c1)C(C1CC1)C1[C@H]2CC(Oc3ccnc4ccc(F)cc34)C[C@@H]12. The number of halogens is 3. The molecule has 3 aliphatic carbocycles. The first-order chi connectivity index (χ1) is 16.0. The van der Waals surface area contributed by atoms with Crippen LogP contribution in [0.25, 0.3) is 10.9 Å². The lowest BCUT2D eigenvalue weighted by atomic mass is 9.91. The number of anilines is 1. The van der Waals surface area contributed by atoms with Crippen molar-refractivity contribution in [3.63, 3.8) is 0 Å². The van der Waals surface area contributed by atoms with Gasteiger partial charge in [-0.1, -0.05) is 0 Å². The topological polar surface area (TPSA) is 56.2 Å². The van der Waals surface area contributed by atoms with Gasteiger partial charge in [-0.2, -0.15) is 8.78 Å². The van der Waals surface area contributed by atoms with Crippen LogP contribution in [0.2, 0.25) is 0 Å². The van der Waals surface area contributed by atoms with Crippen LogP contribution in [-0.4, -0.2) is 21.6 Å². The van der Waals surface area contributed by atoms with Crippen LogP contribution in [0.15, 0.2) is 48.9 Å².